The maximum absolute atomic E-state index is 12.7. The highest BCUT2D eigenvalue weighted by Gasteiger charge is 2.34. The van der Waals surface area contributed by atoms with E-state index in [1.165, 1.54) is 5.56 Å². The van der Waals surface area contributed by atoms with Crippen LogP contribution < -0.4 is 5.32 Å². The zero-order valence-corrected chi connectivity index (χ0v) is 16.8. The first-order valence-electron chi connectivity index (χ1n) is 9.98. The number of rotatable bonds is 6. The lowest BCUT2D eigenvalue weighted by molar-refractivity contribution is 0.258. The van der Waals surface area contributed by atoms with Gasteiger partial charge in [0.1, 0.15) is 5.82 Å². The van der Waals surface area contributed by atoms with Gasteiger partial charge in [-0.3, -0.25) is 4.98 Å². The molecule has 3 heterocycles. The van der Waals surface area contributed by atoms with Gasteiger partial charge in [0, 0.05) is 44.3 Å². The zero-order chi connectivity index (χ0) is 19.4. The Labute approximate surface area is 167 Å². The Morgan fingerprint density at radius 2 is 1.64 bits per heavy atom. The summed E-state index contributed by atoms with van der Waals surface area (Å²) in [6, 6.07) is 8.37. The van der Waals surface area contributed by atoms with E-state index < -0.39 is 10.2 Å². The highest BCUT2D eigenvalue weighted by molar-refractivity contribution is 7.86. The van der Waals surface area contributed by atoms with E-state index in [9.17, 15) is 8.42 Å². The maximum Gasteiger partial charge on any atom is 0.281 e. The third-order valence-corrected chi connectivity index (χ3v) is 7.64. The minimum Gasteiger partial charge on any atom is -0.339 e. The van der Waals surface area contributed by atoms with Crippen LogP contribution in [0.2, 0.25) is 0 Å². The van der Waals surface area contributed by atoms with E-state index in [1.54, 1.807) is 27.2 Å². The quantitative estimate of drug-likeness (QED) is 0.805. The molecule has 0 atom stereocenters. The number of hydrogen-bond donors (Lipinski definition) is 1. The summed E-state index contributed by atoms with van der Waals surface area (Å²) in [5.41, 5.74) is 2.27. The molecule has 0 aliphatic carbocycles. The molecule has 0 spiro atoms. The Bertz CT molecular complexity index is 859. The molecule has 0 amide bonds. The third kappa shape index (κ3) is 4.51. The minimum absolute atomic E-state index is 0.531. The van der Waals surface area contributed by atoms with Crippen LogP contribution in [-0.4, -0.2) is 53.2 Å². The van der Waals surface area contributed by atoms with Gasteiger partial charge in [-0.2, -0.15) is 17.0 Å². The highest BCUT2D eigenvalue weighted by atomic mass is 32.2. The first-order valence-corrected chi connectivity index (χ1v) is 11.4. The van der Waals surface area contributed by atoms with Gasteiger partial charge >= 0.3 is 0 Å². The van der Waals surface area contributed by atoms with Crippen molar-refractivity contribution in [2.75, 3.05) is 31.5 Å². The Morgan fingerprint density at radius 1 is 0.964 bits per heavy atom. The predicted molar refractivity (Wildman–Crippen MR) is 109 cm³/mol. The van der Waals surface area contributed by atoms with Gasteiger partial charge in [0.2, 0.25) is 0 Å². The molecule has 0 unspecified atom stereocenters. The molecule has 2 fully saturated rings. The van der Waals surface area contributed by atoms with E-state index in [-0.39, 0.29) is 0 Å². The molecule has 0 saturated carbocycles. The number of hydrogen-bond acceptors (Lipinski definition) is 5. The van der Waals surface area contributed by atoms with Crippen molar-refractivity contribution in [3.05, 3.63) is 48.4 Å². The molecule has 4 rings (SSSR count). The van der Waals surface area contributed by atoms with Crippen molar-refractivity contribution >= 4 is 21.7 Å². The molecule has 150 valence electrons. The van der Waals surface area contributed by atoms with Crippen LogP contribution >= 0.6 is 0 Å². The smallest absolute Gasteiger partial charge is 0.281 e. The van der Waals surface area contributed by atoms with E-state index in [4.69, 9.17) is 0 Å². The van der Waals surface area contributed by atoms with Crippen molar-refractivity contribution in [3.8, 4) is 0 Å². The average molecular weight is 402 g/mol. The van der Waals surface area contributed by atoms with Crippen molar-refractivity contribution in [1.82, 2.24) is 18.6 Å². The molecule has 8 heteroatoms. The molecule has 1 aromatic carbocycles. The first kappa shape index (κ1) is 19.3. The fourth-order valence-corrected chi connectivity index (χ4v) is 5.71. The van der Waals surface area contributed by atoms with Crippen molar-refractivity contribution in [1.29, 1.82) is 0 Å². The molecule has 2 aliphatic rings. The molecular formula is C20H27N5O2S. The average Bonchev–Trinajstić information content (AvgIpc) is 3.27. The number of nitrogens with zero attached hydrogens (tertiary/aromatic N) is 4. The van der Waals surface area contributed by atoms with Gasteiger partial charge in [-0.05, 0) is 55.7 Å². The summed E-state index contributed by atoms with van der Waals surface area (Å²) in [6.45, 7) is 2.63. The molecular weight excluding hydrogens is 374 g/mol. The lowest BCUT2D eigenvalue weighted by atomic mass is 9.91. The van der Waals surface area contributed by atoms with Crippen LogP contribution in [0.25, 0.3) is 0 Å². The molecule has 7 nitrogen and oxygen atoms in total. The lowest BCUT2D eigenvalue weighted by Gasteiger charge is -2.33. The zero-order valence-electron chi connectivity index (χ0n) is 16.0. The van der Waals surface area contributed by atoms with Gasteiger partial charge in [0.15, 0.2) is 0 Å². The second-order valence-electron chi connectivity index (χ2n) is 7.57. The molecule has 2 aromatic rings. The molecule has 1 aromatic heterocycles. The summed E-state index contributed by atoms with van der Waals surface area (Å²) in [4.78, 5) is 8.26. The molecule has 1 N–H and O–H groups in total. The molecule has 0 radical (unpaired) electrons. The SMILES string of the molecule is O=S(=O)(N1CCCC1)N1CCC(Cc2ccc(Nc3cnccn3)cc2)CC1. The lowest BCUT2D eigenvalue weighted by Crippen LogP contribution is -2.46. The highest BCUT2D eigenvalue weighted by Crippen LogP contribution is 2.26. The Hall–Kier alpha value is -2.03. The number of piperidine rings is 1. The van der Waals surface area contributed by atoms with E-state index in [0.717, 1.165) is 43.6 Å². The monoisotopic (exact) mass is 401 g/mol. The second kappa shape index (κ2) is 8.55. The number of aromatic nitrogens is 2. The van der Waals surface area contributed by atoms with Crippen LogP contribution in [0, 0.1) is 5.92 Å². The van der Waals surface area contributed by atoms with Crippen LogP contribution in [0.1, 0.15) is 31.2 Å². The van der Waals surface area contributed by atoms with E-state index in [2.05, 4.69) is 39.6 Å². The summed E-state index contributed by atoms with van der Waals surface area (Å²) in [6.07, 6.45) is 9.80. The summed E-state index contributed by atoms with van der Waals surface area (Å²) < 4.78 is 28.7. The Balaban J connectivity index is 1.29. The molecule has 2 saturated heterocycles. The van der Waals surface area contributed by atoms with Crippen molar-refractivity contribution in [2.24, 2.45) is 5.92 Å². The summed E-state index contributed by atoms with van der Waals surface area (Å²) >= 11 is 0. The Morgan fingerprint density at radius 3 is 2.29 bits per heavy atom. The van der Waals surface area contributed by atoms with Crippen molar-refractivity contribution in [2.45, 2.75) is 32.1 Å². The molecule has 2 aliphatic heterocycles. The number of benzene rings is 1. The van der Waals surface area contributed by atoms with E-state index in [0.29, 0.717) is 32.1 Å². The second-order valence-corrected chi connectivity index (χ2v) is 9.50. The van der Waals surface area contributed by atoms with Crippen LogP contribution in [0.3, 0.4) is 0 Å². The summed E-state index contributed by atoms with van der Waals surface area (Å²) in [5, 5.41) is 3.23. The van der Waals surface area contributed by atoms with Crippen LogP contribution in [0.15, 0.2) is 42.9 Å². The van der Waals surface area contributed by atoms with Gasteiger partial charge in [-0.15, -0.1) is 0 Å². The summed E-state index contributed by atoms with van der Waals surface area (Å²) in [5.74, 6) is 1.26. The normalized spacial score (nSPS) is 19.7. The van der Waals surface area contributed by atoms with Gasteiger partial charge in [0.05, 0.1) is 6.20 Å². The predicted octanol–water partition coefficient (Wildman–Crippen LogP) is 2.82. The first-order chi connectivity index (χ1) is 13.6. The molecule has 0 bridgehead atoms. The Kier molecular flexibility index (Phi) is 5.89. The fourth-order valence-electron chi connectivity index (χ4n) is 4.00. The van der Waals surface area contributed by atoms with Crippen LogP contribution in [0.4, 0.5) is 11.5 Å². The largest absolute Gasteiger partial charge is 0.339 e. The third-order valence-electron chi connectivity index (χ3n) is 5.60. The van der Waals surface area contributed by atoms with Crippen molar-refractivity contribution in [3.63, 3.8) is 0 Å². The number of anilines is 2. The van der Waals surface area contributed by atoms with Gasteiger partial charge in [-0.1, -0.05) is 12.1 Å². The van der Waals surface area contributed by atoms with Gasteiger partial charge < -0.3 is 5.32 Å². The minimum atomic E-state index is -3.25. The van der Waals surface area contributed by atoms with Crippen molar-refractivity contribution < 1.29 is 8.42 Å². The maximum atomic E-state index is 12.7. The fraction of sp³-hybridized carbons (Fsp3) is 0.500. The van der Waals surface area contributed by atoms with E-state index >= 15 is 0 Å². The van der Waals surface area contributed by atoms with Gasteiger partial charge in [0.25, 0.3) is 10.2 Å². The standard InChI is InChI=1S/C20H27N5O2S/c26-28(27,24-11-1-2-12-24)25-13-7-18(8-14-25)15-17-3-5-19(6-4-17)23-20-16-21-9-10-22-20/h3-6,9-10,16,18H,1-2,7-8,11-15H2,(H,22,23). The topological polar surface area (TPSA) is 78.4 Å². The van der Waals surface area contributed by atoms with Gasteiger partial charge in [-0.25, -0.2) is 4.98 Å². The summed E-state index contributed by atoms with van der Waals surface area (Å²) in [7, 11) is -3.25. The van der Waals surface area contributed by atoms with Crippen LogP contribution in [0.5, 0.6) is 0 Å². The van der Waals surface area contributed by atoms with Crippen LogP contribution in [-0.2, 0) is 16.6 Å². The molecule has 28 heavy (non-hydrogen) atoms. The number of nitrogens with one attached hydrogen (secondary N) is 1. The van der Waals surface area contributed by atoms with E-state index in [1.807, 2.05) is 0 Å².